The summed E-state index contributed by atoms with van der Waals surface area (Å²) in [6.07, 6.45) is 1.73. The predicted octanol–water partition coefficient (Wildman–Crippen LogP) is 3.24. The largest absolute Gasteiger partial charge is 0.383 e. The lowest BCUT2D eigenvalue weighted by atomic mass is 9.92. The van der Waals surface area contributed by atoms with Crippen molar-refractivity contribution in [3.63, 3.8) is 0 Å². The predicted molar refractivity (Wildman–Crippen MR) is 74.0 cm³/mol. The quantitative estimate of drug-likeness (QED) is 0.878. The van der Waals surface area contributed by atoms with Gasteiger partial charge in [-0.05, 0) is 15.9 Å². The van der Waals surface area contributed by atoms with Crippen LogP contribution < -0.4 is 5.73 Å². The van der Waals surface area contributed by atoms with Crippen molar-refractivity contribution in [1.82, 2.24) is 15.0 Å². The zero-order chi connectivity index (χ0) is 12.6. The summed E-state index contributed by atoms with van der Waals surface area (Å²) in [5, 5.41) is 2.68. The summed E-state index contributed by atoms with van der Waals surface area (Å²) in [5.41, 5.74) is 6.71. The molecule has 6 heteroatoms. The molecule has 0 saturated carbocycles. The summed E-state index contributed by atoms with van der Waals surface area (Å²) in [6.45, 7) is 6.27. The van der Waals surface area contributed by atoms with Gasteiger partial charge in [0.05, 0.1) is 10.2 Å². The molecule has 2 rings (SSSR count). The molecule has 0 unspecified atom stereocenters. The molecular formula is C11H13BrN4S. The van der Waals surface area contributed by atoms with Crippen molar-refractivity contribution < 1.29 is 0 Å². The first-order valence-corrected chi connectivity index (χ1v) is 6.80. The first-order valence-electron chi connectivity index (χ1n) is 5.13. The number of hydrogen-bond acceptors (Lipinski definition) is 5. The van der Waals surface area contributed by atoms with Crippen molar-refractivity contribution in [1.29, 1.82) is 0 Å². The number of nitrogen functional groups attached to an aromatic ring is 1. The third-order valence-electron chi connectivity index (χ3n) is 2.21. The van der Waals surface area contributed by atoms with E-state index in [1.807, 2.05) is 5.38 Å². The van der Waals surface area contributed by atoms with Crippen LogP contribution in [0.25, 0.3) is 10.8 Å². The summed E-state index contributed by atoms with van der Waals surface area (Å²) in [6, 6.07) is 0. The molecule has 2 heterocycles. The molecule has 0 atom stereocenters. The molecule has 0 aromatic carbocycles. The van der Waals surface area contributed by atoms with Crippen LogP contribution in [0.1, 0.15) is 26.5 Å². The number of rotatable bonds is 1. The molecule has 17 heavy (non-hydrogen) atoms. The van der Waals surface area contributed by atoms with Crippen molar-refractivity contribution in [3.05, 3.63) is 21.7 Å². The summed E-state index contributed by atoms with van der Waals surface area (Å²) in [5.74, 6) is 1.04. The molecule has 0 aliphatic heterocycles. The Bertz CT molecular complexity index is 531. The first kappa shape index (κ1) is 12.4. The van der Waals surface area contributed by atoms with Gasteiger partial charge in [-0.1, -0.05) is 20.8 Å². The van der Waals surface area contributed by atoms with Crippen LogP contribution in [0.15, 0.2) is 16.0 Å². The van der Waals surface area contributed by atoms with Gasteiger partial charge in [0, 0.05) is 17.0 Å². The van der Waals surface area contributed by atoms with Crippen LogP contribution in [0.3, 0.4) is 0 Å². The minimum absolute atomic E-state index is 0.0953. The Kier molecular flexibility index (Phi) is 3.18. The molecule has 0 saturated heterocycles. The average Bonchev–Trinajstić information content (AvgIpc) is 2.73. The van der Waals surface area contributed by atoms with E-state index >= 15 is 0 Å². The fourth-order valence-corrected chi connectivity index (χ4v) is 2.73. The van der Waals surface area contributed by atoms with E-state index in [0.717, 1.165) is 15.2 Å². The van der Waals surface area contributed by atoms with E-state index in [2.05, 4.69) is 51.7 Å². The second-order valence-electron chi connectivity index (χ2n) is 4.68. The SMILES string of the molecule is CC(C)(C)c1nc(-c2nccs2)nc(N)c1Br. The molecule has 2 N–H and O–H groups in total. The van der Waals surface area contributed by atoms with Crippen molar-refractivity contribution in [3.8, 4) is 10.8 Å². The van der Waals surface area contributed by atoms with Crippen LogP contribution >= 0.6 is 27.3 Å². The summed E-state index contributed by atoms with van der Waals surface area (Å²) < 4.78 is 0.769. The topological polar surface area (TPSA) is 64.7 Å². The van der Waals surface area contributed by atoms with Crippen LogP contribution in [0, 0.1) is 0 Å². The Balaban J connectivity index is 2.62. The highest BCUT2D eigenvalue weighted by molar-refractivity contribution is 9.10. The molecule has 0 radical (unpaired) electrons. The number of nitrogens with zero attached hydrogens (tertiary/aromatic N) is 3. The molecule has 2 aromatic heterocycles. The number of nitrogens with two attached hydrogens (primary N) is 1. The van der Waals surface area contributed by atoms with Gasteiger partial charge in [-0.3, -0.25) is 0 Å². The number of aromatic nitrogens is 3. The van der Waals surface area contributed by atoms with E-state index in [1.165, 1.54) is 11.3 Å². The Labute approximate surface area is 112 Å². The highest BCUT2D eigenvalue weighted by Gasteiger charge is 2.23. The van der Waals surface area contributed by atoms with Gasteiger partial charge in [0.1, 0.15) is 5.82 Å². The van der Waals surface area contributed by atoms with Gasteiger partial charge in [-0.25, -0.2) is 15.0 Å². The van der Waals surface area contributed by atoms with Gasteiger partial charge in [0.15, 0.2) is 10.8 Å². The number of halogens is 1. The first-order chi connectivity index (χ1) is 7.89. The molecule has 4 nitrogen and oxygen atoms in total. The maximum Gasteiger partial charge on any atom is 0.191 e. The molecule has 0 aliphatic rings. The zero-order valence-corrected chi connectivity index (χ0v) is 12.3. The van der Waals surface area contributed by atoms with Crippen LogP contribution in [-0.2, 0) is 5.41 Å². The number of hydrogen-bond donors (Lipinski definition) is 1. The maximum atomic E-state index is 5.90. The van der Waals surface area contributed by atoms with Crippen molar-refractivity contribution in [2.45, 2.75) is 26.2 Å². The monoisotopic (exact) mass is 312 g/mol. The van der Waals surface area contributed by atoms with E-state index in [-0.39, 0.29) is 5.41 Å². The molecular weight excluding hydrogens is 300 g/mol. The van der Waals surface area contributed by atoms with E-state index in [0.29, 0.717) is 11.6 Å². The third kappa shape index (κ3) is 2.47. The molecule has 0 bridgehead atoms. The molecule has 2 aromatic rings. The second kappa shape index (κ2) is 4.34. The lowest BCUT2D eigenvalue weighted by molar-refractivity contribution is 0.564. The normalized spacial score (nSPS) is 11.8. The third-order valence-corrected chi connectivity index (χ3v) is 3.76. The van der Waals surface area contributed by atoms with Gasteiger partial charge < -0.3 is 5.73 Å². The Morgan fingerprint density at radius 3 is 2.53 bits per heavy atom. The zero-order valence-electron chi connectivity index (χ0n) is 9.86. The van der Waals surface area contributed by atoms with Crippen LogP contribution in [0.4, 0.5) is 5.82 Å². The smallest absolute Gasteiger partial charge is 0.191 e. The maximum absolute atomic E-state index is 5.90. The summed E-state index contributed by atoms with van der Waals surface area (Å²) in [4.78, 5) is 13.0. The molecule has 0 amide bonds. The van der Waals surface area contributed by atoms with E-state index in [4.69, 9.17) is 5.73 Å². The lowest BCUT2D eigenvalue weighted by Gasteiger charge is -2.20. The van der Waals surface area contributed by atoms with Crippen molar-refractivity contribution in [2.75, 3.05) is 5.73 Å². The Morgan fingerprint density at radius 2 is 2.00 bits per heavy atom. The van der Waals surface area contributed by atoms with Gasteiger partial charge in [-0.15, -0.1) is 11.3 Å². The van der Waals surface area contributed by atoms with Gasteiger partial charge in [-0.2, -0.15) is 0 Å². The fourth-order valence-electron chi connectivity index (χ4n) is 1.39. The van der Waals surface area contributed by atoms with Gasteiger partial charge in [0.25, 0.3) is 0 Å². The average molecular weight is 313 g/mol. The minimum atomic E-state index is -0.0953. The van der Waals surface area contributed by atoms with Gasteiger partial charge >= 0.3 is 0 Å². The van der Waals surface area contributed by atoms with E-state index < -0.39 is 0 Å². The minimum Gasteiger partial charge on any atom is -0.383 e. The van der Waals surface area contributed by atoms with E-state index in [1.54, 1.807) is 6.20 Å². The van der Waals surface area contributed by atoms with Crippen molar-refractivity contribution in [2.24, 2.45) is 0 Å². The van der Waals surface area contributed by atoms with E-state index in [9.17, 15) is 0 Å². The number of thiazole rings is 1. The standard InChI is InChI=1S/C11H13BrN4S/c1-11(2,3)7-6(12)8(13)16-9(15-7)10-14-4-5-17-10/h4-5H,1-3H3,(H2,13,15,16). The second-order valence-corrected chi connectivity index (χ2v) is 6.37. The Morgan fingerprint density at radius 1 is 1.29 bits per heavy atom. The Hall–Kier alpha value is -1.01. The fraction of sp³-hybridized carbons (Fsp3) is 0.364. The summed E-state index contributed by atoms with van der Waals surface area (Å²) in [7, 11) is 0. The number of anilines is 1. The molecule has 0 spiro atoms. The molecule has 0 fully saturated rings. The van der Waals surface area contributed by atoms with Crippen LogP contribution in [-0.4, -0.2) is 15.0 Å². The molecule has 0 aliphatic carbocycles. The van der Waals surface area contributed by atoms with Crippen molar-refractivity contribution >= 4 is 33.1 Å². The lowest BCUT2D eigenvalue weighted by Crippen LogP contribution is -2.17. The van der Waals surface area contributed by atoms with Crippen LogP contribution in [0.5, 0.6) is 0 Å². The van der Waals surface area contributed by atoms with Gasteiger partial charge in [0.2, 0.25) is 0 Å². The highest BCUT2D eigenvalue weighted by Crippen LogP contribution is 2.33. The highest BCUT2D eigenvalue weighted by atomic mass is 79.9. The summed E-state index contributed by atoms with van der Waals surface area (Å²) >= 11 is 4.95. The molecule has 90 valence electrons. The van der Waals surface area contributed by atoms with Crippen LogP contribution in [0.2, 0.25) is 0 Å².